The van der Waals surface area contributed by atoms with E-state index >= 15 is 4.39 Å². The van der Waals surface area contributed by atoms with Crippen LogP contribution in [0.2, 0.25) is 18.1 Å². The van der Waals surface area contributed by atoms with Gasteiger partial charge in [0.1, 0.15) is 11.3 Å². The summed E-state index contributed by atoms with van der Waals surface area (Å²) in [5.74, 6) is 0. The number of halogens is 2. The van der Waals surface area contributed by atoms with Gasteiger partial charge in [-0.05, 0) is 31.5 Å². The Balaban J connectivity index is 1.73. The Morgan fingerprint density at radius 2 is 1.97 bits per heavy atom. The van der Waals surface area contributed by atoms with Crippen LogP contribution in [0.25, 0.3) is 0 Å². The number of rotatable bonds is 3. The van der Waals surface area contributed by atoms with Crippen molar-refractivity contribution in [2.45, 2.75) is 93.1 Å². The lowest BCUT2D eigenvalue weighted by atomic mass is 9.80. The molecule has 1 aromatic heterocycles. The minimum Gasteiger partial charge on any atom is -0.405 e. The van der Waals surface area contributed by atoms with Crippen LogP contribution in [0.15, 0.2) is 15.8 Å². The van der Waals surface area contributed by atoms with Gasteiger partial charge in [-0.3, -0.25) is 14.3 Å². The molecule has 2 saturated carbocycles. The molecule has 1 saturated heterocycles. The van der Waals surface area contributed by atoms with Crippen molar-refractivity contribution in [2.24, 2.45) is 5.41 Å². The summed E-state index contributed by atoms with van der Waals surface area (Å²) in [5.41, 5.74) is -3.23. The summed E-state index contributed by atoms with van der Waals surface area (Å²) in [4.78, 5) is 26.6. The fourth-order valence-corrected chi connectivity index (χ4v) is 7.60. The highest BCUT2D eigenvalue weighted by atomic mass is 127. The van der Waals surface area contributed by atoms with E-state index < -0.39 is 48.6 Å². The number of ether oxygens (including phenoxy) is 1. The quantitative estimate of drug-likeness (QED) is 0.362. The number of nitrogens with zero attached hydrogens (tertiary/aromatic N) is 1. The maximum absolute atomic E-state index is 15.8. The Hall–Kier alpha value is -0.523. The van der Waals surface area contributed by atoms with Crippen molar-refractivity contribution in [3.8, 4) is 0 Å². The van der Waals surface area contributed by atoms with Crippen LogP contribution < -0.4 is 11.2 Å². The average Bonchev–Trinajstić information content (AvgIpc) is 2.94. The molecule has 29 heavy (non-hydrogen) atoms. The second kappa shape index (κ2) is 6.04. The normalized spacial score (nSPS) is 41.3. The zero-order chi connectivity index (χ0) is 21.8. The molecule has 4 rings (SSSR count). The number of aromatic amines is 1. The summed E-state index contributed by atoms with van der Waals surface area (Å²) in [6.07, 6.45) is 1.25. The Morgan fingerprint density at radius 1 is 1.34 bits per heavy atom. The SMILES string of the molecule is Cc1cn([C@@H]2O[C@H]3[C@](C)(C[C@]4(F)C[C@]34O[Si](C)(C)C(C)(C)C)[C@H]2I)c(=O)[nH]c1=O. The van der Waals surface area contributed by atoms with E-state index in [9.17, 15) is 9.59 Å². The van der Waals surface area contributed by atoms with Crippen LogP contribution in [0.3, 0.4) is 0 Å². The minimum atomic E-state index is -2.23. The lowest BCUT2D eigenvalue weighted by Gasteiger charge is -2.41. The molecule has 0 amide bonds. The summed E-state index contributed by atoms with van der Waals surface area (Å²) >= 11 is 2.28. The molecule has 2 aliphatic carbocycles. The van der Waals surface area contributed by atoms with E-state index in [0.717, 1.165) is 0 Å². The Bertz CT molecular complexity index is 988. The number of fused-ring (bicyclic) bond motifs is 3. The van der Waals surface area contributed by atoms with Crippen LogP contribution in [0.1, 0.15) is 52.3 Å². The van der Waals surface area contributed by atoms with E-state index in [1.54, 1.807) is 13.1 Å². The zero-order valence-electron chi connectivity index (χ0n) is 18.1. The van der Waals surface area contributed by atoms with Gasteiger partial charge in [0, 0.05) is 23.6 Å². The van der Waals surface area contributed by atoms with Crippen molar-refractivity contribution in [1.29, 1.82) is 0 Å². The highest BCUT2D eigenvalue weighted by Gasteiger charge is 2.87. The largest absolute Gasteiger partial charge is 0.405 e. The molecule has 1 aliphatic heterocycles. The summed E-state index contributed by atoms with van der Waals surface area (Å²) in [6, 6.07) is 0. The highest BCUT2D eigenvalue weighted by Crippen LogP contribution is 2.76. The minimum absolute atomic E-state index is 0.0427. The summed E-state index contributed by atoms with van der Waals surface area (Å²) in [6.45, 7) is 14.4. The van der Waals surface area contributed by atoms with Crippen LogP contribution >= 0.6 is 22.6 Å². The van der Waals surface area contributed by atoms with Gasteiger partial charge in [0.2, 0.25) is 0 Å². The molecule has 3 fully saturated rings. The number of aryl methyl sites for hydroxylation is 1. The van der Waals surface area contributed by atoms with Crippen molar-refractivity contribution in [3.63, 3.8) is 0 Å². The molecule has 6 nitrogen and oxygen atoms in total. The van der Waals surface area contributed by atoms with Crippen LogP contribution in [-0.2, 0) is 9.16 Å². The van der Waals surface area contributed by atoms with Crippen molar-refractivity contribution >= 4 is 30.9 Å². The van der Waals surface area contributed by atoms with Gasteiger partial charge >= 0.3 is 5.69 Å². The predicted molar refractivity (Wildman–Crippen MR) is 120 cm³/mol. The Kier molecular flexibility index (Phi) is 4.52. The van der Waals surface area contributed by atoms with E-state index in [1.807, 2.05) is 6.92 Å². The molecule has 0 unspecified atom stereocenters. The maximum Gasteiger partial charge on any atom is 0.330 e. The third-order valence-electron chi connectivity index (χ3n) is 7.68. The van der Waals surface area contributed by atoms with Gasteiger partial charge in [-0.2, -0.15) is 0 Å². The lowest BCUT2D eigenvalue weighted by Crippen LogP contribution is -2.51. The molecule has 1 N–H and O–H groups in total. The van der Waals surface area contributed by atoms with Crippen LogP contribution in [0.5, 0.6) is 0 Å². The fraction of sp³-hybridized carbons (Fsp3) is 0.800. The number of aromatic nitrogens is 2. The molecule has 0 spiro atoms. The summed E-state index contributed by atoms with van der Waals surface area (Å²) in [5, 5.41) is -0.0427. The number of alkyl halides is 2. The van der Waals surface area contributed by atoms with Crippen molar-refractivity contribution in [2.75, 3.05) is 0 Å². The van der Waals surface area contributed by atoms with Gasteiger partial charge in [0.05, 0.1) is 10.0 Å². The zero-order valence-corrected chi connectivity index (χ0v) is 21.2. The van der Waals surface area contributed by atoms with Gasteiger partial charge < -0.3 is 9.16 Å². The smallest absolute Gasteiger partial charge is 0.330 e. The molecular weight excluding hydrogens is 506 g/mol. The fourth-order valence-electron chi connectivity index (χ4n) is 4.95. The van der Waals surface area contributed by atoms with Crippen molar-refractivity contribution in [3.05, 3.63) is 32.6 Å². The first-order chi connectivity index (χ1) is 13.1. The number of nitrogens with one attached hydrogen (secondary N) is 1. The average molecular weight is 536 g/mol. The molecule has 162 valence electrons. The summed E-state index contributed by atoms with van der Waals surface area (Å²) < 4.78 is 30.3. The van der Waals surface area contributed by atoms with Crippen LogP contribution in [-0.4, -0.2) is 39.2 Å². The third kappa shape index (κ3) is 2.82. The van der Waals surface area contributed by atoms with Gasteiger partial charge in [-0.15, -0.1) is 0 Å². The lowest BCUT2D eigenvalue weighted by molar-refractivity contribution is -0.0833. The molecule has 6 atom stereocenters. The molecule has 0 aromatic carbocycles. The Morgan fingerprint density at radius 3 is 2.55 bits per heavy atom. The van der Waals surface area contributed by atoms with Crippen LogP contribution in [0, 0.1) is 12.3 Å². The maximum atomic E-state index is 15.8. The van der Waals surface area contributed by atoms with Gasteiger partial charge in [0.15, 0.2) is 14.5 Å². The van der Waals surface area contributed by atoms with Crippen LogP contribution in [0.4, 0.5) is 4.39 Å². The second-order valence-electron chi connectivity index (χ2n) is 10.9. The second-order valence-corrected chi connectivity index (χ2v) is 16.9. The molecule has 9 heteroatoms. The van der Waals surface area contributed by atoms with E-state index in [0.29, 0.717) is 18.4 Å². The molecule has 0 radical (unpaired) electrons. The Labute approximate surface area is 184 Å². The monoisotopic (exact) mass is 536 g/mol. The molecular formula is C20H30FIN2O4Si. The van der Waals surface area contributed by atoms with Gasteiger partial charge in [-0.1, -0.05) is 50.3 Å². The first-order valence-corrected chi connectivity index (χ1v) is 14.2. The first kappa shape index (κ1) is 21.7. The topological polar surface area (TPSA) is 73.3 Å². The van der Waals surface area contributed by atoms with Crippen molar-refractivity contribution in [1.82, 2.24) is 9.55 Å². The van der Waals surface area contributed by atoms with E-state index in [4.69, 9.17) is 9.16 Å². The molecule has 1 aromatic rings. The van der Waals surface area contributed by atoms with E-state index in [-0.39, 0.29) is 8.96 Å². The number of H-pyrrole nitrogens is 1. The van der Waals surface area contributed by atoms with E-state index in [1.165, 1.54) is 4.57 Å². The number of hydrogen-bond acceptors (Lipinski definition) is 4. The summed E-state index contributed by atoms with van der Waals surface area (Å²) in [7, 11) is -2.23. The van der Waals surface area contributed by atoms with E-state index in [2.05, 4.69) is 61.4 Å². The van der Waals surface area contributed by atoms with Gasteiger partial charge in [0.25, 0.3) is 5.56 Å². The van der Waals surface area contributed by atoms with Crippen molar-refractivity contribution < 1.29 is 13.6 Å². The predicted octanol–water partition coefficient (Wildman–Crippen LogP) is 3.83. The highest BCUT2D eigenvalue weighted by molar-refractivity contribution is 14.1. The number of hydrogen-bond donors (Lipinski definition) is 1. The molecule has 0 bridgehead atoms. The molecule has 3 aliphatic rings. The first-order valence-electron chi connectivity index (χ1n) is 10.1. The third-order valence-corrected chi connectivity index (χ3v) is 14.2. The standard InChI is InChI=1S/C20H30FIN2O4Si/c1-11-8-24(16(26)23-13(11)25)14-12(22)18(5)9-19(21)10-20(19,15(18)27-14)28-29(6,7)17(2,3)4/h8,12,14-15H,9-10H2,1-7H3,(H,23,25,26)/t12-,14+,15-,18+,19-,20-/m0/s1. The van der Waals surface area contributed by atoms with Gasteiger partial charge in [-0.25, -0.2) is 9.18 Å². The molecule has 2 heterocycles.